The van der Waals surface area contributed by atoms with E-state index in [4.69, 9.17) is 21.5 Å². The van der Waals surface area contributed by atoms with E-state index in [1.807, 2.05) is 22.8 Å². The molecule has 142 valence electrons. The van der Waals surface area contributed by atoms with Crippen molar-refractivity contribution in [1.82, 2.24) is 19.5 Å². The van der Waals surface area contributed by atoms with Gasteiger partial charge in [-0.05, 0) is 66.8 Å². The monoisotopic (exact) mass is 381 g/mol. The molecule has 0 saturated carbocycles. The van der Waals surface area contributed by atoms with Gasteiger partial charge in [0, 0.05) is 18.1 Å². The van der Waals surface area contributed by atoms with Crippen LogP contribution in [0.15, 0.2) is 48.7 Å². The number of imidazole rings is 1. The number of nitrogen functional groups attached to an aromatic ring is 1. The summed E-state index contributed by atoms with van der Waals surface area (Å²) >= 11 is 0. The van der Waals surface area contributed by atoms with Crippen LogP contribution in [-0.4, -0.2) is 31.4 Å². The van der Waals surface area contributed by atoms with Crippen molar-refractivity contribution in [2.45, 2.75) is 19.3 Å². The van der Waals surface area contributed by atoms with E-state index in [2.05, 4.69) is 28.2 Å². The van der Waals surface area contributed by atoms with Crippen LogP contribution >= 0.6 is 0 Å². The fourth-order valence-corrected chi connectivity index (χ4v) is 3.91. The highest BCUT2D eigenvalue weighted by Gasteiger charge is 2.20. The second-order valence-electron chi connectivity index (χ2n) is 7.11. The summed E-state index contributed by atoms with van der Waals surface area (Å²) in [5.41, 5.74) is 12.4. The molecule has 0 radical (unpaired) electrons. The molecular weight excluding hydrogens is 362 g/mol. The number of aryl methyl sites for hydroxylation is 2. The Balaban J connectivity index is 1.82. The Hall–Kier alpha value is -3.87. The molecule has 0 unspecified atom stereocenters. The lowest BCUT2D eigenvalue weighted by molar-refractivity contribution is 0.911. The van der Waals surface area contributed by atoms with Gasteiger partial charge in [-0.2, -0.15) is 0 Å². The van der Waals surface area contributed by atoms with Crippen molar-refractivity contribution in [2.75, 3.05) is 5.73 Å². The number of hydrogen-bond acceptors (Lipinski definition) is 6. The summed E-state index contributed by atoms with van der Waals surface area (Å²) in [6.07, 6.45) is 6.00. The lowest BCUT2D eigenvalue weighted by Gasteiger charge is -2.12. The fraction of sp³-hybridized carbons (Fsp3) is 0.136. The Morgan fingerprint density at radius 1 is 1.07 bits per heavy atom. The molecule has 3 heterocycles. The maximum Gasteiger partial charge on any atom is 0.165 e. The third-order valence-corrected chi connectivity index (χ3v) is 5.34. The lowest BCUT2D eigenvalue weighted by atomic mass is 10.1. The number of pyridine rings is 2. The minimum absolute atomic E-state index is 0.0519. The molecule has 0 atom stereocenters. The van der Waals surface area contributed by atoms with Gasteiger partial charge in [0.05, 0.1) is 17.0 Å². The van der Waals surface area contributed by atoms with Gasteiger partial charge in [-0.15, -0.1) is 0 Å². The van der Waals surface area contributed by atoms with E-state index < -0.39 is 0 Å². The van der Waals surface area contributed by atoms with Crippen molar-refractivity contribution in [3.63, 3.8) is 0 Å². The standard InChI is InChI=1S/C22H19N7/c23-12-17(24)18-8-9-19-22(27-18)29(15-7-6-13-3-1-4-14(13)11-15)21(28-19)16-5-2-10-26-20(16)25/h2,5-12,23-24H,1,3-4H2,(H2,25,26). The average molecular weight is 381 g/mol. The summed E-state index contributed by atoms with van der Waals surface area (Å²) in [7, 11) is 0. The van der Waals surface area contributed by atoms with Crippen molar-refractivity contribution in [3.8, 4) is 17.1 Å². The van der Waals surface area contributed by atoms with Crippen molar-refractivity contribution in [2.24, 2.45) is 0 Å². The molecule has 1 aromatic carbocycles. The zero-order chi connectivity index (χ0) is 20.0. The van der Waals surface area contributed by atoms with Gasteiger partial charge in [-0.3, -0.25) is 9.98 Å². The zero-order valence-corrected chi connectivity index (χ0v) is 15.7. The smallest absolute Gasteiger partial charge is 0.165 e. The van der Waals surface area contributed by atoms with Gasteiger partial charge in [-0.25, -0.2) is 15.0 Å². The average Bonchev–Trinajstić information content (AvgIpc) is 3.36. The Morgan fingerprint density at radius 3 is 2.76 bits per heavy atom. The number of fused-ring (bicyclic) bond motifs is 2. The molecule has 7 nitrogen and oxygen atoms in total. The topological polar surface area (TPSA) is 117 Å². The predicted octanol–water partition coefficient (Wildman–Crippen LogP) is 3.57. The van der Waals surface area contributed by atoms with Crippen LogP contribution in [0, 0.1) is 10.8 Å². The second-order valence-corrected chi connectivity index (χ2v) is 7.11. The van der Waals surface area contributed by atoms with Crippen LogP contribution in [0.25, 0.3) is 28.2 Å². The molecule has 0 fully saturated rings. The molecule has 4 N–H and O–H groups in total. The first-order valence-corrected chi connectivity index (χ1v) is 9.47. The van der Waals surface area contributed by atoms with E-state index in [-0.39, 0.29) is 5.71 Å². The summed E-state index contributed by atoms with van der Waals surface area (Å²) in [6.45, 7) is 0. The molecular formula is C22H19N7. The first-order valence-electron chi connectivity index (χ1n) is 9.47. The first kappa shape index (κ1) is 17.2. The maximum absolute atomic E-state index is 7.97. The zero-order valence-electron chi connectivity index (χ0n) is 15.7. The van der Waals surface area contributed by atoms with Crippen LogP contribution in [0.1, 0.15) is 23.2 Å². The van der Waals surface area contributed by atoms with Gasteiger partial charge in [-0.1, -0.05) is 6.07 Å². The van der Waals surface area contributed by atoms with E-state index in [9.17, 15) is 0 Å². The summed E-state index contributed by atoms with van der Waals surface area (Å²) in [6, 6.07) is 13.7. The molecule has 0 aliphatic heterocycles. The third kappa shape index (κ3) is 2.79. The SMILES string of the molecule is N=CC(=N)c1ccc2nc(-c3cccnc3N)n(-c3ccc4c(c3)CCC4)c2n1. The highest BCUT2D eigenvalue weighted by atomic mass is 15.1. The van der Waals surface area contributed by atoms with E-state index in [0.29, 0.717) is 28.5 Å². The quantitative estimate of drug-likeness (QED) is 0.468. The minimum Gasteiger partial charge on any atom is -0.383 e. The van der Waals surface area contributed by atoms with Gasteiger partial charge in [0.1, 0.15) is 11.3 Å². The molecule has 1 aliphatic carbocycles. The Morgan fingerprint density at radius 2 is 1.93 bits per heavy atom. The summed E-state index contributed by atoms with van der Waals surface area (Å²) in [5, 5.41) is 15.4. The normalized spacial score (nSPS) is 12.8. The van der Waals surface area contributed by atoms with Crippen LogP contribution in [0.3, 0.4) is 0 Å². The van der Waals surface area contributed by atoms with Crippen molar-refractivity contribution in [3.05, 3.63) is 65.5 Å². The molecule has 0 saturated heterocycles. The maximum atomic E-state index is 7.97. The van der Waals surface area contributed by atoms with Crippen LogP contribution in [0.4, 0.5) is 5.82 Å². The Labute approximate surface area is 167 Å². The Bertz CT molecular complexity index is 1290. The van der Waals surface area contributed by atoms with Crippen LogP contribution in [-0.2, 0) is 12.8 Å². The van der Waals surface area contributed by atoms with Crippen molar-refractivity contribution < 1.29 is 0 Å². The van der Waals surface area contributed by atoms with Gasteiger partial charge in [0.15, 0.2) is 11.5 Å². The van der Waals surface area contributed by atoms with Crippen LogP contribution in [0.5, 0.6) is 0 Å². The van der Waals surface area contributed by atoms with Crippen LogP contribution < -0.4 is 5.73 Å². The van der Waals surface area contributed by atoms with Crippen molar-refractivity contribution >= 4 is 28.9 Å². The highest BCUT2D eigenvalue weighted by molar-refractivity contribution is 6.35. The van der Waals surface area contributed by atoms with E-state index in [0.717, 1.165) is 30.3 Å². The largest absolute Gasteiger partial charge is 0.383 e. The highest BCUT2D eigenvalue weighted by Crippen LogP contribution is 2.32. The molecule has 0 amide bonds. The van der Waals surface area contributed by atoms with E-state index in [1.165, 1.54) is 17.5 Å². The number of nitrogens with zero attached hydrogens (tertiary/aromatic N) is 4. The number of rotatable bonds is 4. The molecule has 0 spiro atoms. The summed E-state index contributed by atoms with van der Waals surface area (Å²) in [4.78, 5) is 13.7. The van der Waals surface area contributed by atoms with E-state index >= 15 is 0 Å². The third-order valence-electron chi connectivity index (χ3n) is 5.34. The fourth-order valence-electron chi connectivity index (χ4n) is 3.91. The van der Waals surface area contributed by atoms with Crippen LogP contribution in [0.2, 0.25) is 0 Å². The molecule has 3 aromatic heterocycles. The van der Waals surface area contributed by atoms with Crippen molar-refractivity contribution in [1.29, 1.82) is 10.8 Å². The number of nitrogens with two attached hydrogens (primary N) is 1. The molecule has 4 aromatic rings. The molecule has 0 bridgehead atoms. The van der Waals surface area contributed by atoms with Gasteiger partial charge < -0.3 is 11.1 Å². The van der Waals surface area contributed by atoms with Gasteiger partial charge >= 0.3 is 0 Å². The summed E-state index contributed by atoms with van der Waals surface area (Å²) < 4.78 is 1.97. The van der Waals surface area contributed by atoms with E-state index in [1.54, 1.807) is 12.3 Å². The second kappa shape index (κ2) is 6.63. The molecule has 5 rings (SSSR count). The number of nitrogens with one attached hydrogen (secondary N) is 2. The lowest BCUT2D eigenvalue weighted by Crippen LogP contribution is -2.06. The predicted molar refractivity (Wildman–Crippen MR) is 114 cm³/mol. The number of hydrogen-bond donors (Lipinski definition) is 3. The van der Waals surface area contributed by atoms with Gasteiger partial charge in [0.2, 0.25) is 0 Å². The number of aromatic nitrogens is 4. The van der Waals surface area contributed by atoms with Gasteiger partial charge in [0.25, 0.3) is 0 Å². The Kier molecular flexibility index (Phi) is 3.94. The number of benzene rings is 1. The molecule has 1 aliphatic rings. The first-order chi connectivity index (χ1) is 14.2. The number of anilines is 1. The molecule has 29 heavy (non-hydrogen) atoms. The minimum atomic E-state index is 0.0519. The summed E-state index contributed by atoms with van der Waals surface area (Å²) in [5.74, 6) is 1.06. The molecule has 7 heteroatoms.